The van der Waals surface area contributed by atoms with Crippen LogP contribution in [0.2, 0.25) is 0 Å². The molecule has 1 heterocycles. The van der Waals surface area contributed by atoms with E-state index in [0.29, 0.717) is 6.10 Å². The van der Waals surface area contributed by atoms with E-state index < -0.39 is 0 Å². The first kappa shape index (κ1) is 12.1. The lowest BCUT2D eigenvalue weighted by atomic mass is 10.2. The molecule has 0 spiro atoms. The van der Waals surface area contributed by atoms with E-state index in [-0.39, 0.29) is 12.4 Å². The molecule has 0 radical (unpaired) electrons. The van der Waals surface area contributed by atoms with Gasteiger partial charge in [0.05, 0.1) is 17.5 Å². The second kappa shape index (κ2) is 5.83. The second-order valence-electron chi connectivity index (χ2n) is 3.60. The van der Waals surface area contributed by atoms with Gasteiger partial charge in [-0.25, -0.2) is 0 Å². The Labute approximate surface area is 96.4 Å². The molecule has 0 bridgehead atoms. The first-order valence-electron chi connectivity index (χ1n) is 5.06. The van der Waals surface area contributed by atoms with E-state index in [0.717, 1.165) is 30.9 Å². The van der Waals surface area contributed by atoms with Crippen molar-refractivity contribution in [3.63, 3.8) is 0 Å². The van der Waals surface area contributed by atoms with Crippen molar-refractivity contribution < 1.29 is 4.74 Å². The maximum absolute atomic E-state index is 5.80. The molecule has 84 valence electrons. The number of hydrogen-bond acceptors (Lipinski definition) is 3. The lowest BCUT2D eigenvalue weighted by Gasteiger charge is -2.13. The fourth-order valence-corrected chi connectivity index (χ4v) is 1.69. The van der Waals surface area contributed by atoms with Crippen LogP contribution < -0.4 is 11.1 Å². The highest BCUT2D eigenvalue weighted by atomic mass is 35.5. The van der Waals surface area contributed by atoms with Gasteiger partial charge in [-0.15, -0.1) is 12.4 Å². The van der Waals surface area contributed by atoms with Crippen molar-refractivity contribution in [2.24, 2.45) is 0 Å². The van der Waals surface area contributed by atoms with E-state index in [1.165, 1.54) is 6.42 Å². The summed E-state index contributed by atoms with van der Waals surface area (Å²) in [7, 11) is 0. The van der Waals surface area contributed by atoms with Crippen LogP contribution in [0, 0.1) is 0 Å². The van der Waals surface area contributed by atoms with Gasteiger partial charge in [0.25, 0.3) is 0 Å². The predicted octanol–water partition coefficient (Wildman–Crippen LogP) is 2.28. The molecular formula is C11H17ClN2O. The fraction of sp³-hybridized carbons (Fsp3) is 0.455. The molecule has 1 aromatic rings. The van der Waals surface area contributed by atoms with Gasteiger partial charge in [0.2, 0.25) is 0 Å². The Morgan fingerprint density at radius 2 is 2.20 bits per heavy atom. The smallest absolute Gasteiger partial charge is 0.0748 e. The number of anilines is 2. The minimum atomic E-state index is 0. The van der Waals surface area contributed by atoms with Crippen molar-refractivity contribution >= 4 is 23.8 Å². The van der Waals surface area contributed by atoms with Crippen molar-refractivity contribution in [1.82, 2.24) is 0 Å². The molecule has 0 aliphatic carbocycles. The third-order valence-electron chi connectivity index (χ3n) is 2.50. The average molecular weight is 229 g/mol. The van der Waals surface area contributed by atoms with Crippen molar-refractivity contribution in [2.75, 3.05) is 24.2 Å². The summed E-state index contributed by atoms with van der Waals surface area (Å²) in [6.07, 6.45) is 2.69. The highest BCUT2D eigenvalue weighted by molar-refractivity contribution is 5.85. The van der Waals surface area contributed by atoms with Crippen molar-refractivity contribution in [2.45, 2.75) is 18.9 Å². The number of benzene rings is 1. The van der Waals surface area contributed by atoms with Crippen LogP contribution in [0.15, 0.2) is 24.3 Å². The summed E-state index contributed by atoms with van der Waals surface area (Å²) >= 11 is 0. The Hall–Kier alpha value is -0.930. The number of ether oxygens (including phenoxy) is 1. The molecule has 0 aromatic heterocycles. The Kier molecular flexibility index (Phi) is 4.72. The molecule has 1 aliphatic rings. The Bertz CT molecular complexity index is 300. The normalized spacial score (nSPS) is 19.6. The number of rotatable bonds is 3. The molecule has 0 saturated carbocycles. The molecule has 1 fully saturated rings. The number of hydrogen-bond donors (Lipinski definition) is 2. The van der Waals surface area contributed by atoms with Gasteiger partial charge in [0.15, 0.2) is 0 Å². The standard InChI is InChI=1S/C11H16N2O.ClH/c12-10-5-1-2-6-11(10)13-8-9-4-3-7-14-9;/h1-2,5-6,9,13H,3-4,7-8,12H2;1H. The minimum Gasteiger partial charge on any atom is -0.397 e. The molecule has 1 unspecified atom stereocenters. The van der Waals surface area contributed by atoms with Crippen LogP contribution in [-0.2, 0) is 4.74 Å². The highest BCUT2D eigenvalue weighted by Gasteiger charge is 2.14. The van der Waals surface area contributed by atoms with Crippen LogP contribution in [0.25, 0.3) is 0 Å². The number of nitrogens with one attached hydrogen (secondary N) is 1. The SMILES string of the molecule is Cl.Nc1ccccc1NCC1CCCO1. The monoisotopic (exact) mass is 228 g/mol. The van der Waals surface area contributed by atoms with Gasteiger partial charge in [-0.1, -0.05) is 12.1 Å². The van der Waals surface area contributed by atoms with Gasteiger partial charge in [-0.05, 0) is 25.0 Å². The van der Waals surface area contributed by atoms with Crippen LogP contribution in [0.3, 0.4) is 0 Å². The second-order valence-corrected chi connectivity index (χ2v) is 3.60. The summed E-state index contributed by atoms with van der Waals surface area (Å²) in [4.78, 5) is 0. The zero-order chi connectivity index (χ0) is 9.80. The topological polar surface area (TPSA) is 47.3 Å². The minimum absolute atomic E-state index is 0. The van der Waals surface area contributed by atoms with Gasteiger partial charge in [0, 0.05) is 13.2 Å². The van der Waals surface area contributed by atoms with Crippen LogP contribution >= 0.6 is 12.4 Å². The van der Waals surface area contributed by atoms with E-state index in [2.05, 4.69) is 5.32 Å². The van der Waals surface area contributed by atoms with E-state index in [4.69, 9.17) is 10.5 Å². The lowest BCUT2D eigenvalue weighted by molar-refractivity contribution is 0.120. The summed E-state index contributed by atoms with van der Waals surface area (Å²) in [5, 5.41) is 3.30. The van der Waals surface area contributed by atoms with Crippen LogP contribution in [0.4, 0.5) is 11.4 Å². The fourth-order valence-electron chi connectivity index (χ4n) is 1.69. The Morgan fingerprint density at radius 3 is 2.87 bits per heavy atom. The molecular weight excluding hydrogens is 212 g/mol. The summed E-state index contributed by atoms with van der Waals surface area (Å²) in [5.74, 6) is 0. The summed E-state index contributed by atoms with van der Waals surface area (Å²) < 4.78 is 5.51. The highest BCUT2D eigenvalue weighted by Crippen LogP contribution is 2.18. The molecule has 4 heteroatoms. The predicted molar refractivity (Wildman–Crippen MR) is 65.6 cm³/mol. The summed E-state index contributed by atoms with van der Waals surface area (Å²) in [6, 6.07) is 7.81. The molecule has 1 aromatic carbocycles. The molecule has 2 rings (SSSR count). The van der Waals surface area contributed by atoms with Gasteiger partial charge in [-0.3, -0.25) is 0 Å². The average Bonchev–Trinajstić information content (AvgIpc) is 2.69. The summed E-state index contributed by atoms with van der Waals surface area (Å²) in [6.45, 7) is 1.75. The Morgan fingerprint density at radius 1 is 1.40 bits per heavy atom. The van der Waals surface area contributed by atoms with Crippen molar-refractivity contribution in [1.29, 1.82) is 0 Å². The van der Waals surface area contributed by atoms with E-state index in [1.54, 1.807) is 0 Å². The molecule has 3 N–H and O–H groups in total. The first-order chi connectivity index (χ1) is 6.86. The number of nitrogen functional groups attached to an aromatic ring is 1. The van der Waals surface area contributed by atoms with Gasteiger partial charge < -0.3 is 15.8 Å². The van der Waals surface area contributed by atoms with Crippen LogP contribution in [-0.4, -0.2) is 19.3 Å². The number of para-hydroxylation sites is 2. The van der Waals surface area contributed by atoms with E-state index in [9.17, 15) is 0 Å². The Balaban J connectivity index is 0.00000112. The first-order valence-corrected chi connectivity index (χ1v) is 5.06. The third kappa shape index (κ3) is 3.29. The van der Waals surface area contributed by atoms with Crippen LogP contribution in [0.5, 0.6) is 0 Å². The maximum atomic E-state index is 5.80. The van der Waals surface area contributed by atoms with Crippen molar-refractivity contribution in [3.05, 3.63) is 24.3 Å². The number of halogens is 1. The quantitative estimate of drug-likeness (QED) is 0.781. The van der Waals surface area contributed by atoms with Crippen molar-refractivity contribution in [3.8, 4) is 0 Å². The third-order valence-corrected chi connectivity index (χ3v) is 2.50. The number of nitrogens with two attached hydrogens (primary N) is 1. The molecule has 1 aliphatic heterocycles. The molecule has 1 saturated heterocycles. The van der Waals surface area contributed by atoms with Gasteiger partial charge in [0.1, 0.15) is 0 Å². The molecule has 0 amide bonds. The molecule has 3 nitrogen and oxygen atoms in total. The lowest BCUT2D eigenvalue weighted by Crippen LogP contribution is -2.18. The zero-order valence-corrected chi connectivity index (χ0v) is 9.43. The van der Waals surface area contributed by atoms with E-state index in [1.807, 2.05) is 24.3 Å². The molecule has 15 heavy (non-hydrogen) atoms. The zero-order valence-electron chi connectivity index (χ0n) is 8.61. The van der Waals surface area contributed by atoms with E-state index >= 15 is 0 Å². The largest absolute Gasteiger partial charge is 0.397 e. The maximum Gasteiger partial charge on any atom is 0.0748 e. The molecule has 1 atom stereocenters. The van der Waals surface area contributed by atoms with Gasteiger partial charge >= 0.3 is 0 Å². The van der Waals surface area contributed by atoms with Crippen LogP contribution in [0.1, 0.15) is 12.8 Å². The van der Waals surface area contributed by atoms with Gasteiger partial charge in [-0.2, -0.15) is 0 Å². The summed E-state index contributed by atoms with van der Waals surface area (Å²) in [5.41, 5.74) is 7.60.